The molecule has 2 N–H and O–H groups in total. The largest absolute Gasteiger partial charge is 0.393 e. The van der Waals surface area contributed by atoms with Crippen molar-refractivity contribution < 1.29 is 19.8 Å². The molecule has 0 aromatic rings. The highest BCUT2D eigenvalue weighted by atomic mass is 16.3. The van der Waals surface area contributed by atoms with Crippen molar-refractivity contribution in [2.75, 3.05) is 6.61 Å². The monoisotopic (exact) mass is 370 g/mol. The number of allylic oxidation sites excluding steroid dienone is 1. The molecule has 146 valence electrons. The van der Waals surface area contributed by atoms with E-state index in [9.17, 15) is 19.8 Å². The van der Waals surface area contributed by atoms with Gasteiger partial charge in [0.2, 0.25) is 0 Å². The van der Waals surface area contributed by atoms with Crippen molar-refractivity contribution in [3.8, 4) is 12.3 Å². The lowest BCUT2D eigenvalue weighted by Crippen LogP contribution is -2.57. The first-order valence-corrected chi connectivity index (χ1v) is 10.4. The lowest BCUT2D eigenvalue weighted by Gasteiger charge is -2.60. The summed E-state index contributed by atoms with van der Waals surface area (Å²) in [7, 11) is 0. The van der Waals surface area contributed by atoms with Gasteiger partial charge in [0, 0.05) is 18.8 Å². The van der Waals surface area contributed by atoms with Crippen molar-refractivity contribution in [3.63, 3.8) is 0 Å². The van der Waals surface area contributed by atoms with Crippen LogP contribution in [0.25, 0.3) is 0 Å². The molecule has 0 heterocycles. The second-order valence-corrected chi connectivity index (χ2v) is 9.53. The molecular formula is C23H30O4. The van der Waals surface area contributed by atoms with E-state index in [1.165, 1.54) is 5.57 Å². The molecule has 0 spiro atoms. The Bertz CT molecular complexity index is 731. The summed E-state index contributed by atoms with van der Waals surface area (Å²) < 4.78 is 0. The van der Waals surface area contributed by atoms with Gasteiger partial charge in [-0.25, -0.2) is 0 Å². The van der Waals surface area contributed by atoms with Crippen molar-refractivity contribution in [2.24, 2.45) is 34.5 Å². The van der Waals surface area contributed by atoms with E-state index in [2.05, 4.69) is 12.8 Å². The number of terminal acetylenes is 1. The molecular weight excluding hydrogens is 340 g/mol. The zero-order valence-corrected chi connectivity index (χ0v) is 16.1. The molecule has 0 bridgehead atoms. The number of aliphatic hydroxyl groups excluding tert-OH is 2. The second kappa shape index (κ2) is 6.57. The molecule has 1 unspecified atom stereocenters. The first kappa shape index (κ1) is 18.9. The number of ketones is 2. The minimum atomic E-state index is -0.520. The highest BCUT2D eigenvalue weighted by Gasteiger charge is 2.64. The fraction of sp³-hybridized carbons (Fsp3) is 0.739. The smallest absolute Gasteiger partial charge is 0.161 e. The van der Waals surface area contributed by atoms with Gasteiger partial charge in [0.1, 0.15) is 6.61 Å². The normalized spacial score (nSPS) is 45.9. The maximum absolute atomic E-state index is 12.5. The van der Waals surface area contributed by atoms with E-state index in [4.69, 9.17) is 6.42 Å². The van der Waals surface area contributed by atoms with E-state index in [1.807, 2.05) is 6.08 Å². The second-order valence-electron chi connectivity index (χ2n) is 9.53. The molecule has 0 radical (unpaired) electrons. The van der Waals surface area contributed by atoms with Gasteiger partial charge in [0.25, 0.3) is 0 Å². The highest BCUT2D eigenvalue weighted by Crippen LogP contribution is 2.67. The summed E-state index contributed by atoms with van der Waals surface area (Å²) in [6.07, 6.45) is 13.0. The van der Waals surface area contributed by atoms with Crippen molar-refractivity contribution in [2.45, 2.75) is 64.4 Å². The molecule has 4 heteroatoms. The predicted octanol–water partition coefficient (Wildman–Crippen LogP) is 2.67. The molecule has 27 heavy (non-hydrogen) atoms. The topological polar surface area (TPSA) is 74.6 Å². The van der Waals surface area contributed by atoms with E-state index >= 15 is 0 Å². The van der Waals surface area contributed by atoms with Gasteiger partial charge < -0.3 is 10.2 Å². The Balaban J connectivity index is 1.74. The average molecular weight is 370 g/mol. The van der Waals surface area contributed by atoms with E-state index in [0.717, 1.165) is 32.1 Å². The summed E-state index contributed by atoms with van der Waals surface area (Å²) in [5.74, 6) is 3.42. The molecule has 4 aliphatic carbocycles. The van der Waals surface area contributed by atoms with E-state index < -0.39 is 12.7 Å². The first-order valence-electron chi connectivity index (χ1n) is 10.4. The van der Waals surface area contributed by atoms with Crippen LogP contribution >= 0.6 is 0 Å². The highest BCUT2D eigenvalue weighted by molar-refractivity contribution is 5.91. The van der Waals surface area contributed by atoms with Gasteiger partial charge in [-0.15, -0.1) is 12.3 Å². The van der Waals surface area contributed by atoms with Gasteiger partial charge in [-0.05, 0) is 73.2 Å². The molecule has 4 aliphatic rings. The summed E-state index contributed by atoms with van der Waals surface area (Å²) in [4.78, 5) is 24.4. The van der Waals surface area contributed by atoms with Crippen LogP contribution in [0.1, 0.15) is 58.3 Å². The predicted molar refractivity (Wildman–Crippen MR) is 101 cm³/mol. The molecule has 0 aliphatic heterocycles. The number of hydrogen-bond acceptors (Lipinski definition) is 4. The van der Waals surface area contributed by atoms with Crippen molar-refractivity contribution in [1.29, 1.82) is 0 Å². The van der Waals surface area contributed by atoms with Crippen LogP contribution in [0.5, 0.6) is 0 Å². The van der Waals surface area contributed by atoms with Crippen LogP contribution in [-0.2, 0) is 9.59 Å². The zero-order valence-electron chi connectivity index (χ0n) is 16.1. The lowest BCUT2D eigenvalue weighted by molar-refractivity contribution is -0.149. The molecule has 3 saturated carbocycles. The maximum Gasteiger partial charge on any atom is 0.161 e. The Kier molecular flexibility index (Phi) is 4.60. The van der Waals surface area contributed by atoms with Gasteiger partial charge in [-0.3, -0.25) is 9.59 Å². The van der Waals surface area contributed by atoms with Gasteiger partial charge >= 0.3 is 0 Å². The summed E-state index contributed by atoms with van der Waals surface area (Å²) >= 11 is 0. The molecule has 0 saturated heterocycles. The van der Waals surface area contributed by atoms with E-state index in [0.29, 0.717) is 31.1 Å². The number of fused-ring (bicyclic) bond motifs is 5. The third kappa shape index (κ3) is 2.58. The minimum Gasteiger partial charge on any atom is -0.393 e. The number of carbonyl (C=O) groups is 2. The summed E-state index contributed by atoms with van der Waals surface area (Å²) in [5, 5.41) is 20.8. The molecule has 3 fully saturated rings. The fourth-order valence-electron chi connectivity index (χ4n) is 7.59. The third-order valence-corrected chi connectivity index (χ3v) is 8.60. The standard InChI is InChI=1S/C23H30O4/c1-3-9-23-12-19(26)21-16(17(23)6-7-18(23)20(27)13-24)5-4-14-11-15(25)8-10-22(14,21)2/h1,11,16-19,21,24,26H,4-10,12-13H2,2H3/t16-,17-,18+,19?,21+,22-,23-/m0/s1. The van der Waals surface area contributed by atoms with E-state index in [1.54, 1.807) is 0 Å². The molecule has 0 aromatic carbocycles. The number of hydrogen-bond donors (Lipinski definition) is 2. The van der Waals surface area contributed by atoms with Crippen molar-refractivity contribution in [3.05, 3.63) is 11.6 Å². The summed E-state index contributed by atoms with van der Waals surface area (Å²) in [6.45, 7) is 1.78. The van der Waals surface area contributed by atoms with Gasteiger partial charge in [-0.2, -0.15) is 0 Å². The Labute approximate surface area is 161 Å². The van der Waals surface area contributed by atoms with Crippen LogP contribution in [0, 0.1) is 46.8 Å². The van der Waals surface area contributed by atoms with E-state index in [-0.39, 0.29) is 34.2 Å². The quantitative estimate of drug-likeness (QED) is 0.749. The number of aliphatic hydroxyl groups is 2. The van der Waals surface area contributed by atoms with Crippen LogP contribution in [0.3, 0.4) is 0 Å². The molecule has 4 nitrogen and oxygen atoms in total. The molecule has 0 amide bonds. The average Bonchev–Trinajstić information content (AvgIpc) is 3.00. The Morgan fingerprint density at radius 2 is 2.11 bits per heavy atom. The van der Waals surface area contributed by atoms with Crippen LogP contribution in [-0.4, -0.2) is 34.5 Å². The number of carbonyl (C=O) groups excluding carboxylic acids is 2. The van der Waals surface area contributed by atoms with Gasteiger partial charge in [0.15, 0.2) is 11.6 Å². The van der Waals surface area contributed by atoms with Crippen molar-refractivity contribution in [1.82, 2.24) is 0 Å². The SMILES string of the molecule is C#CC[C@]12CC(O)[C@H]3[C@@H](CCC4=CC(=O)CC[C@@]43C)[C@@H]1CC[C@@H]2C(=O)CO. The van der Waals surface area contributed by atoms with Crippen molar-refractivity contribution >= 4 is 11.6 Å². The Morgan fingerprint density at radius 1 is 1.33 bits per heavy atom. The fourth-order valence-corrected chi connectivity index (χ4v) is 7.59. The first-order chi connectivity index (χ1) is 12.9. The molecule has 4 rings (SSSR count). The van der Waals surface area contributed by atoms with Gasteiger partial charge in [-0.1, -0.05) is 12.5 Å². The Morgan fingerprint density at radius 3 is 2.81 bits per heavy atom. The van der Waals surface area contributed by atoms with Crippen LogP contribution < -0.4 is 0 Å². The maximum atomic E-state index is 12.5. The Hall–Kier alpha value is -1.44. The van der Waals surface area contributed by atoms with Crippen LogP contribution in [0.15, 0.2) is 11.6 Å². The van der Waals surface area contributed by atoms with Crippen LogP contribution in [0.2, 0.25) is 0 Å². The minimum absolute atomic E-state index is 0.121. The molecule has 7 atom stereocenters. The number of rotatable bonds is 3. The molecule has 0 aromatic heterocycles. The van der Waals surface area contributed by atoms with Gasteiger partial charge in [0.05, 0.1) is 6.10 Å². The zero-order chi connectivity index (χ0) is 19.4. The van der Waals surface area contributed by atoms with Crippen LogP contribution in [0.4, 0.5) is 0 Å². The summed E-state index contributed by atoms with van der Waals surface area (Å²) in [6, 6.07) is 0. The summed E-state index contributed by atoms with van der Waals surface area (Å²) in [5.41, 5.74) is 0.707. The third-order valence-electron chi connectivity index (χ3n) is 8.60. The number of Topliss-reactive ketones (excluding diaryl/α,β-unsaturated/α-hetero) is 1. The lowest BCUT2D eigenvalue weighted by atomic mass is 9.45.